The molecule has 9 rings (SSSR count). The Balaban J connectivity index is 0.879. The topological polar surface area (TPSA) is 167 Å². The summed E-state index contributed by atoms with van der Waals surface area (Å²) in [4.78, 5) is 13.6. The SMILES string of the molecule is O=C(Nc1cccc(OCC2CCCCC2)c1)c1cc2ccccc2c(N=Nc2ccc(-c3nnc(-c4ccc(N=Nc5c(O)ccc6ccccc56)cc4)o3)cc2)c1O. The average Bonchev–Trinajstić information content (AvgIpc) is 3.79. The molecule has 1 aliphatic carbocycles. The summed E-state index contributed by atoms with van der Waals surface area (Å²) >= 11 is 0. The van der Waals surface area contributed by atoms with Crippen molar-refractivity contribution >= 4 is 55.9 Å². The van der Waals surface area contributed by atoms with Gasteiger partial charge in [0.15, 0.2) is 5.75 Å². The summed E-state index contributed by atoms with van der Waals surface area (Å²) in [5.41, 5.74) is 3.66. The maximum Gasteiger partial charge on any atom is 0.259 e. The van der Waals surface area contributed by atoms with E-state index in [1.54, 1.807) is 60.7 Å². The van der Waals surface area contributed by atoms with Crippen molar-refractivity contribution in [3.8, 4) is 40.2 Å². The van der Waals surface area contributed by atoms with Crippen LogP contribution < -0.4 is 10.1 Å². The van der Waals surface area contributed by atoms with Crippen molar-refractivity contribution in [2.75, 3.05) is 11.9 Å². The molecule has 0 spiro atoms. The van der Waals surface area contributed by atoms with Gasteiger partial charge in [-0.15, -0.1) is 20.4 Å². The molecule has 1 fully saturated rings. The van der Waals surface area contributed by atoms with Crippen LogP contribution in [0.5, 0.6) is 17.2 Å². The summed E-state index contributed by atoms with van der Waals surface area (Å²) in [7, 11) is 0. The monoisotopic (exact) mass is 793 g/mol. The van der Waals surface area contributed by atoms with Gasteiger partial charge >= 0.3 is 0 Å². The second-order valence-corrected chi connectivity index (χ2v) is 14.7. The molecular formula is C48H39N7O5. The third-order valence-electron chi connectivity index (χ3n) is 10.6. The number of hydrogen-bond acceptors (Lipinski definition) is 11. The fourth-order valence-corrected chi connectivity index (χ4v) is 7.38. The lowest BCUT2D eigenvalue weighted by molar-refractivity contribution is 0.102. The van der Waals surface area contributed by atoms with Crippen molar-refractivity contribution in [3.05, 3.63) is 145 Å². The van der Waals surface area contributed by atoms with Crippen LogP contribution >= 0.6 is 0 Å². The van der Waals surface area contributed by atoms with Gasteiger partial charge in [-0.25, -0.2) is 0 Å². The van der Waals surface area contributed by atoms with Crippen molar-refractivity contribution in [2.45, 2.75) is 32.1 Å². The Labute approximate surface area is 345 Å². The van der Waals surface area contributed by atoms with Crippen LogP contribution in [0.4, 0.5) is 28.4 Å². The number of ether oxygens (including phenoxy) is 1. The first-order chi connectivity index (χ1) is 29.4. The quantitative estimate of drug-likeness (QED) is 0.110. The molecule has 1 amide bonds. The number of phenols is 2. The molecule has 0 atom stereocenters. The number of azo groups is 2. The first-order valence-electron chi connectivity index (χ1n) is 19.8. The van der Waals surface area contributed by atoms with E-state index in [9.17, 15) is 15.0 Å². The predicted octanol–water partition coefficient (Wildman–Crippen LogP) is 13.2. The molecule has 1 aliphatic rings. The van der Waals surface area contributed by atoms with Gasteiger partial charge in [0.25, 0.3) is 5.91 Å². The van der Waals surface area contributed by atoms with Crippen LogP contribution in [0, 0.1) is 5.92 Å². The van der Waals surface area contributed by atoms with Crippen molar-refractivity contribution in [1.82, 2.24) is 10.2 Å². The van der Waals surface area contributed by atoms with E-state index >= 15 is 0 Å². The Kier molecular flexibility index (Phi) is 10.7. The lowest BCUT2D eigenvalue weighted by Crippen LogP contribution is -2.15. The summed E-state index contributed by atoms with van der Waals surface area (Å²) < 4.78 is 12.1. The van der Waals surface area contributed by atoms with E-state index < -0.39 is 5.91 Å². The minimum atomic E-state index is -0.484. The normalized spacial score (nSPS) is 13.4. The van der Waals surface area contributed by atoms with Gasteiger partial charge in [-0.2, -0.15) is 10.2 Å². The Morgan fingerprint density at radius 3 is 1.95 bits per heavy atom. The molecule has 0 saturated heterocycles. The number of phenolic OH excluding ortho intramolecular Hbond substituents is 2. The standard InChI is InChI=1S/C48H39N7O5/c56-42-26-21-31-11-4-6-15-39(31)43(42)52-50-35-22-17-32(18-23-35)47-54-55-48(60-47)33-19-24-36(25-20-33)51-53-44-40-16-7-5-12-34(40)27-41(45(44)57)46(58)49-37-13-8-14-38(28-37)59-29-30-9-2-1-3-10-30/h4-8,11-28,30,56-57H,1-3,9-10,29H2,(H,49,58). The number of nitrogens with zero attached hydrogens (tertiary/aromatic N) is 6. The molecule has 1 aromatic heterocycles. The van der Waals surface area contributed by atoms with Gasteiger partial charge in [0.05, 0.1) is 23.5 Å². The van der Waals surface area contributed by atoms with Gasteiger partial charge in [0.2, 0.25) is 11.8 Å². The maximum absolute atomic E-state index is 13.6. The molecule has 1 saturated carbocycles. The second kappa shape index (κ2) is 17.0. The Morgan fingerprint density at radius 1 is 0.650 bits per heavy atom. The number of hydrogen-bond donors (Lipinski definition) is 3. The molecule has 7 aromatic carbocycles. The van der Waals surface area contributed by atoms with E-state index in [0.717, 1.165) is 16.2 Å². The fourth-order valence-electron chi connectivity index (χ4n) is 7.38. The minimum Gasteiger partial charge on any atom is -0.506 e. The predicted molar refractivity (Wildman–Crippen MR) is 231 cm³/mol. The van der Waals surface area contributed by atoms with Gasteiger partial charge in [-0.3, -0.25) is 4.79 Å². The highest BCUT2D eigenvalue weighted by Crippen LogP contribution is 2.40. The zero-order chi connectivity index (χ0) is 40.8. The van der Waals surface area contributed by atoms with Crippen LogP contribution in [0.3, 0.4) is 0 Å². The first kappa shape index (κ1) is 37.8. The van der Waals surface area contributed by atoms with Crippen LogP contribution in [0.25, 0.3) is 44.5 Å². The van der Waals surface area contributed by atoms with Crippen molar-refractivity contribution in [3.63, 3.8) is 0 Å². The van der Waals surface area contributed by atoms with Crippen LogP contribution in [-0.2, 0) is 0 Å². The number of benzene rings is 7. The highest BCUT2D eigenvalue weighted by Gasteiger charge is 2.20. The molecule has 0 bridgehead atoms. The first-order valence-corrected chi connectivity index (χ1v) is 19.8. The molecule has 0 unspecified atom stereocenters. The molecule has 12 nitrogen and oxygen atoms in total. The van der Waals surface area contributed by atoms with Crippen LogP contribution in [0.15, 0.2) is 164 Å². The molecule has 0 aliphatic heterocycles. The van der Waals surface area contributed by atoms with Gasteiger partial charge in [-0.1, -0.05) is 79.9 Å². The van der Waals surface area contributed by atoms with E-state index in [-0.39, 0.29) is 22.7 Å². The number of carbonyl (C=O) groups excluding carboxylic acids is 1. The summed E-state index contributed by atoms with van der Waals surface area (Å²) in [6.45, 7) is 0.658. The lowest BCUT2D eigenvalue weighted by Gasteiger charge is -2.21. The molecule has 8 aromatic rings. The van der Waals surface area contributed by atoms with Crippen LogP contribution in [0.2, 0.25) is 0 Å². The number of aromatic hydroxyl groups is 2. The lowest BCUT2D eigenvalue weighted by atomic mass is 9.90. The highest BCUT2D eigenvalue weighted by atomic mass is 16.5. The number of aromatic nitrogens is 2. The average molecular weight is 794 g/mol. The van der Waals surface area contributed by atoms with Crippen molar-refractivity contribution < 1.29 is 24.2 Å². The van der Waals surface area contributed by atoms with Crippen LogP contribution in [0.1, 0.15) is 42.5 Å². The van der Waals surface area contributed by atoms with Crippen LogP contribution in [-0.4, -0.2) is 32.9 Å². The number of anilines is 1. The van der Waals surface area contributed by atoms with E-state index in [4.69, 9.17) is 9.15 Å². The van der Waals surface area contributed by atoms with Gasteiger partial charge < -0.3 is 24.7 Å². The van der Waals surface area contributed by atoms with E-state index in [1.807, 2.05) is 78.9 Å². The Bertz CT molecular complexity index is 2880. The number of fused-ring (bicyclic) bond motifs is 2. The summed E-state index contributed by atoms with van der Waals surface area (Å²) in [5.74, 6) is 1.16. The Hall–Kier alpha value is -7.73. The number of rotatable bonds is 11. The molecule has 60 heavy (non-hydrogen) atoms. The van der Waals surface area contributed by atoms with Gasteiger partial charge in [-0.05, 0) is 102 Å². The third-order valence-corrected chi connectivity index (χ3v) is 10.6. The number of nitrogens with one attached hydrogen (secondary N) is 1. The largest absolute Gasteiger partial charge is 0.506 e. The minimum absolute atomic E-state index is 0.0521. The zero-order valence-electron chi connectivity index (χ0n) is 32.4. The zero-order valence-corrected chi connectivity index (χ0v) is 32.4. The van der Waals surface area contributed by atoms with Gasteiger partial charge in [0, 0.05) is 33.7 Å². The summed E-state index contributed by atoms with van der Waals surface area (Å²) in [6.07, 6.45) is 6.14. The molecule has 12 heteroatoms. The van der Waals surface area contributed by atoms with E-state index in [2.05, 4.69) is 36.0 Å². The number of carbonyl (C=O) groups is 1. The fraction of sp³-hybridized carbons (Fsp3) is 0.146. The molecule has 0 radical (unpaired) electrons. The molecule has 1 heterocycles. The van der Waals surface area contributed by atoms with Crippen molar-refractivity contribution in [1.29, 1.82) is 0 Å². The smallest absolute Gasteiger partial charge is 0.259 e. The van der Waals surface area contributed by atoms with E-state index in [0.29, 0.717) is 69.3 Å². The van der Waals surface area contributed by atoms with Gasteiger partial charge in [0.1, 0.15) is 22.9 Å². The molecule has 3 N–H and O–H groups in total. The molecular weight excluding hydrogens is 755 g/mol. The highest BCUT2D eigenvalue weighted by molar-refractivity contribution is 6.11. The maximum atomic E-state index is 13.6. The summed E-state index contributed by atoms with van der Waals surface area (Å²) in [6, 6.07) is 41.7. The Morgan fingerprint density at radius 2 is 1.27 bits per heavy atom. The summed E-state index contributed by atoms with van der Waals surface area (Å²) in [5, 5.41) is 53.8. The van der Waals surface area contributed by atoms with E-state index in [1.165, 1.54) is 32.1 Å². The van der Waals surface area contributed by atoms with Crippen molar-refractivity contribution in [2.24, 2.45) is 26.4 Å². The molecule has 296 valence electrons. The second-order valence-electron chi connectivity index (χ2n) is 14.7. The number of amides is 1. The third kappa shape index (κ3) is 8.30.